The fourth-order valence-corrected chi connectivity index (χ4v) is 12.5. The van der Waals surface area contributed by atoms with Gasteiger partial charge in [0, 0.05) is 78.4 Å². The zero-order valence-electron chi connectivity index (χ0n) is 63.4. The first-order valence-electron chi connectivity index (χ1n) is 36.8. The van der Waals surface area contributed by atoms with Gasteiger partial charge in [-0.25, -0.2) is 4.98 Å². The van der Waals surface area contributed by atoms with Crippen molar-refractivity contribution in [1.82, 2.24) is 94.0 Å². The third-order valence-corrected chi connectivity index (χ3v) is 18.1. The second-order valence-corrected chi connectivity index (χ2v) is 28.6. The van der Waals surface area contributed by atoms with Crippen molar-refractivity contribution in [3.63, 3.8) is 0 Å². The zero-order valence-corrected chi connectivity index (χ0v) is 63.4. The van der Waals surface area contributed by atoms with Crippen LogP contribution in [0.15, 0.2) is 73.4 Å². The monoisotopic (exact) mass is 1550 g/mol. The van der Waals surface area contributed by atoms with Gasteiger partial charge < -0.3 is 116 Å². The minimum Gasteiger partial charge on any atom is -0.395 e. The van der Waals surface area contributed by atoms with E-state index in [2.05, 4.69) is 89.1 Å². The molecule has 111 heavy (non-hydrogen) atoms. The van der Waals surface area contributed by atoms with Gasteiger partial charge in [-0.15, -0.1) is 0 Å². The number of carbonyl (C=O) groups excluding carboxylic acids is 15. The predicted molar refractivity (Wildman–Crippen MR) is 402 cm³/mol. The number of aromatic nitrogens is 4. The number of amides is 15. The molecule has 23 N–H and O–H groups in total. The SMILES string of the molecule is CC(C)C[C@H](NC(=O)[C@H](CC(C)C)NC(=O)[C@@H](Cc1c[nH]c2ccccc12)NC(=O)CNC(=O)[C@H](C)NC(=O)[C@H](CO)NC(=O)[C@H](CC(N)=O)NC(=O)[C@H](CC(C)C)NC(=O)[C@@H](NC(=O)[C@H](Cc1c[nH]c2ccccc12)NC(=O)CN)[C@@H](C)O)C(=O)NCC(=O)N1CCC[C@H]1C(=O)N[C@@H](Cc1cnc[nH]1)C(=O)NCCO. The minimum absolute atomic E-state index is 0.0302. The number of para-hydroxylation sites is 2. The van der Waals surface area contributed by atoms with Gasteiger partial charge >= 0.3 is 0 Å². The lowest BCUT2D eigenvalue weighted by molar-refractivity contribution is -0.140. The van der Waals surface area contributed by atoms with E-state index in [-0.39, 0.29) is 82.4 Å². The number of nitrogens with zero attached hydrogens (tertiary/aromatic N) is 2. The van der Waals surface area contributed by atoms with Crippen LogP contribution in [0.1, 0.15) is 111 Å². The topological polar surface area (TPSA) is 589 Å². The lowest BCUT2D eigenvalue weighted by Crippen LogP contribution is -2.62. The lowest BCUT2D eigenvalue weighted by atomic mass is 9.99. The average Bonchev–Trinajstić information content (AvgIpc) is 1.75. The van der Waals surface area contributed by atoms with Crippen LogP contribution in [0.3, 0.4) is 0 Å². The number of primary amides is 1. The molecule has 1 saturated heterocycles. The van der Waals surface area contributed by atoms with E-state index in [1.807, 2.05) is 0 Å². The number of imidazole rings is 1. The molecule has 0 bridgehead atoms. The summed E-state index contributed by atoms with van der Waals surface area (Å²) in [5.41, 5.74) is 14.2. The quantitative estimate of drug-likeness (QED) is 0.0174. The molecule has 1 aliphatic rings. The molecule has 1 fully saturated rings. The van der Waals surface area contributed by atoms with Gasteiger partial charge in [-0.05, 0) is 87.0 Å². The molecule has 15 amide bonds. The van der Waals surface area contributed by atoms with Gasteiger partial charge in [0.15, 0.2) is 0 Å². The Morgan fingerprint density at radius 2 is 0.982 bits per heavy atom. The van der Waals surface area contributed by atoms with Crippen molar-refractivity contribution < 1.29 is 87.2 Å². The van der Waals surface area contributed by atoms with Crippen molar-refractivity contribution in [2.24, 2.45) is 29.2 Å². The van der Waals surface area contributed by atoms with Crippen molar-refractivity contribution in [3.8, 4) is 0 Å². The maximum atomic E-state index is 14.6. The normalized spacial score (nSPS) is 15.7. The first-order valence-corrected chi connectivity index (χ1v) is 36.8. The van der Waals surface area contributed by atoms with Crippen LogP contribution in [-0.4, -0.2) is 247 Å². The highest BCUT2D eigenvalue weighted by molar-refractivity contribution is 6.01. The van der Waals surface area contributed by atoms with Crippen LogP contribution in [0.5, 0.6) is 0 Å². The van der Waals surface area contributed by atoms with Crippen LogP contribution in [0.2, 0.25) is 0 Å². The standard InChI is InChI=1S/C73H106N20O18/c1-37(2)22-49(65(103)81-34-61(100)93-20-13-18-57(93)72(110)89-54(64(102)77-19-21-94)27-44-32-76-36-82-44)86-66(104)50(23-38(3)4)87-68(106)52(25-42-30-78-47-16-11-9-14-45(42)47)85-60(99)33-80-63(101)40(7)83-71(109)56(35-95)91-69(107)55(28-58(75)97)88-67(105)51(24-39(5)6)90-73(111)62(41(8)96)92-70(108)53(84-59(98)29-74)26-43-31-79-48-17-12-10-15-46(43)48/h9-12,14-17,30-32,36-41,49-57,62,78-79,94-96H,13,18-29,33-35,74H2,1-8H3,(H2,75,97)(H,76,82)(H,77,102)(H,80,101)(H,81,103)(H,83,109)(H,84,98)(H,85,99)(H,86,104)(H,87,106)(H,88,105)(H,89,110)(H,90,111)(H,91,107)(H,92,108)/t40-,41+,49-,50-,51-,52+,53-,54-,55-,56-,57-,62-/m0/s1. The summed E-state index contributed by atoms with van der Waals surface area (Å²) in [4.78, 5) is 220. The number of fused-ring (bicyclic) bond motifs is 2. The summed E-state index contributed by atoms with van der Waals surface area (Å²) in [6.07, 6.45) is 4.17. The molecule has 0 radical (unpaired) electrons. The molecule has 5 aromatic rings. The van der Waals surface area contributed by atoms with Gasteiger partial charge in [0.1, 0.15) is 66.5 Å². The summed E-state index contributed by atoms with van der Waals surface area (Å²) in [6.45, 7) is 9.73. The summed E-state index contributed by atoms with van der Waals surface area (Å²) in [6, 6.07) is -1.58. The van der Waals surface area contributed by atoms with Crippen LogP contribution < -0.4 is 80.6 Å². The summed E-state index contributed by atoms with van der Waals surface area (Å²) in [5.74, 6) is -14.1. The molecular formula is C73H106N20O18. The minimum atomic E-state index is -1.86. The zero-order chi connectivity index (χ0) is 81.8. The Bertz CT molecular complexity index is 4070. The average molecular weight is 1550 g/mol. The number of rotatable bonds is 44. The van der Waals surface area contributed by atoms with E-state index >= 15 is 0 Å². The molecule has 0 spiro atoms. The third kappa shape index (κ3) is 27.3. The Kier molecular flexibility index (Phi) is 34.4. The Morgan fingerprint density at radius 3 is 1.50 bits per heavy atom. The summed E-state index contributed by atoms with van der Waals surface area (Å²) >= 11 is 0. The number of aliphatic hydroxyl groups excluding tert-OH is 3. The van der Waals surface area contributed by atoms with Crippen LogP contribution >= 0.6 is 0 Å². The van der Waals surface area contributed by atoms with Crippen LogP contribution in [0.4, 0.5) is 0 Å². The second kappa shape index (κ2) is 43.1. The van der Waals surface area contributed by atoms with E-state index < -0.39 is 194 Å². The number of hydrogen-bond acceptors (Lipinski definition) is 20. The number of nitrogens with one attached hydrogen (secondary N) is 16. The number of H-pyrrole nitrogens is 3. The molecule has 2 aromatic carbocycles. The van der Waals surface area contributed by atoms with Gasteiger partial charge in [0.25, 0.3) is 0 Å². The van der Waals surface area contributed by atoms with E-state index in [9.17, 15) is 87.2 Å². The fourth-order valence-electron chi connectivity index (χ4n) is 12.5. The molecule has 12 atom stereocenters. The number of aromatic amines is 3. The Labute approximate surface area is 640 Å². The van der Waals surface area contributed by atoms with Gasteiger partial charge in [0.05, 0.1) is 51.7 Å². The van der Waals surface area contributed by atoms with Crippen molar-refractivity contribution in [2.45, 2.75) is 186 Å². The number of benzene rings is 2. The molecule has 0 saturated carbocycles. The smallest absolute Gasteiger partial charge is 0.245 e. The molecule has 0 unspecified atom stereocenters. The van der Waals surface area contributed by atoms with Crippen molar-refractivity contribution >= 4 is 110 Å². The summed E-state index contributed by atoms with van der Waals surface area (Å²) < 4.78 is 0. The third-order valence-electron chi connectivity index (χ3n) is 18.1. The van der Waals surface area contributed by atoms with E-state index in [0.717, 1.165) is 10.9 Å². The Morgan fingerprint density at radius 1 is 0.514 bits per heavy atom. The van der Waals surface area contributed by atoms with Gasteiger partial charge in [-0.2, -0.15) is 0 Å². The molecule has 6 rings (SSSR count). The highest BCUT2D eigenvalue weighted by atomic mass is 16.3. The number of nitrogens with two attached hydrogens (primary N) is 2. The van der Waals surface area contributed by atoms with Crippen molar-refractivity contribution in [3.05, 3.63) is 90.3 Å². The summed E-state index contributed by atoms with van der Waals surface area (Å²) in [7, 11) is 0. The Hall–Kier alpha value is -11.4. The number of hydrogen-bond donors (Lipinski definition) is 21. The maximum absolute atomic E-state index is 14.6. The van der Waals surface area contributed by atoms with Crippen LogP contribution in [0.25, 0.3) is 21.8 Å². The van der Waals surface area contributed by atoms with Crippen molar-refractivity contribution in [1.29, 1.82) is 0 Å². The molecule has 38 nitrogen and oxygen atoms in total. The highest BCUT2D eigenvalue weighted by Gasteiger charge is 2.40. The Balaban J connectivity index is 1.07. The highest BCUT2D eigenvalue weighted by Crippen LogP contribution is 2.23. The largest absolute Gasteiger partial charge is 0.395 e. The van der Waals surface area contributed by atoms with E-state index in [1.165, 1.54) is 31.3 Å². The second-order valence-electron chi connectivity index (χ2n) is 28.6. The van der Waals surface area contributed by atoms with Crippen LogP contribution in [0, 0.1) is 17.8 Å². The number of aliphatic hydroxyl groups is 3. The molecule has 606 valence electrons. The molecule has 38 heteroatoms. The van der Waals surface area contributed by atoms with Crippen LogP contribution in [-0.2, 0) is 91.2 Å². The molecule has 1 aliphatic heterocycles. The first-order chi connectivity index (χ1) is 52.7. The number of carbonyl (C=O) groups is 15. The lowest BCUT2D eigenvalue weighted by Gasteiger charge is -2.28. The molecule has 3 aromatic heterocycles. The van der Waals surface area contributed by atoms with E-state index in [4.69, 9.17) is 11.5 Å². The predicted octanol–water partition coefficient (Wildman–Crippen LogP) is -5.05. The van der Waals surface area contributed by atoms with E-state index in [1.54, 1.807) is 102 Å². The first kappa shape index (κ1) is 88.5. The summed E-state index contributed by atoms with van der Waals surface area (Å²) in [5, 5.41) is 64.5. The number of likely N-dealkylation sites (tertiary alicyclic amines) is 1. The van der Waals surface area contributed by atoms with E-state index in [0.29, 0.717) is 34.1 Å². The maximum Gasteiger partial charge on any atom is 0.245 e. The molecular weight excluding hydrogens is 1440 g/mol. The van der Waals surface area contributed by atoms with Gasteiger partial charge in [-0.1, -0.05) is 77.9 Å². The molecule has 4 heterocycles. The molecule has 0 aliphatic carbocycles. The van der Waals surface area contributed by atoms with Crippen molar-refractivity contribution in [2.75, 3.05) is 45.9 Å². The van der Waals surface area contributed by atoms with Gasteiger partial charge in [-0.3, -0.25) is 71.9 Å². The van der Waals surface area contributed by atoms with Gasteiger partial charge in [0.2, 0.25) is 88.6 Å². The fraction of sp³-hybridized carbons (Fsp3) is 0.534.